The van der Waals surface area contributed by atoms with E-state index in [-0.39, 0.29) is 11.9 Å². The second-order valence-electron chi connectivity index (χ2n) is 9.28. The standard InChI is InChI=1S/C30H32N2O3/c1-18-13-19(2)15-26(14-18)31-20(3)16-25(22(31)5)17-27-28(30(34)35-7)23(6)32(29(27)33)21(4)24-11-9-8-10-12-24/h8-17,21H,1-7H3/b27-17-/t21-/m1/s1. The van der Waals surface area contributed by atoms with E-state index >= 15 is 0 Å². The van der Waals surface area contributed by atoms with Crippen molar-refractivity contribution in [3.63, 3.8) is 0 Å². The predicted molar refractivity (Wildman–Crippen MR) is 139 cm³/mol. The molecule has 1 amide bonds. The van der Waals surface area contributed by atoms with Crippen molar-refractivity contribution >= 4 is 18.0 Å². The summed E-state index contributed by atoms with van der Waals surface area (Å²) < 4.78 is 7.27. The number of amides is 1. The number of nitrogens with zero attached hydrogens (tertiary/aromatic N) is 2. The number of methoxy groups -OCH3 is 1. The first-order valence-corrected chi connectivity index (χ1v) is 11.8. The van der Waals surface area contributed by atoms with Gasteiger partial charge in [-0.1, -0.05) is 36.4 Å². The molecule has 2 aromatic carbocycles. The van der Waals surface area contributed by atoms with Crippen molar-refractivity contribution in [2.45, 2.75) is 47.6 Å². The SMILES string of the molecule is COC(=O)C1=C(C)N([C@H](C)c2ccccc2)C(=O)/C1=C\c1cc(C)n(-c2cc(C)cc(C)c2)c1C. The third-order valence-electron chi connectivity index (χ3n) is 6.74. The number of rotatable bonds is 5. The lowest BCUT2D eigenvalue weighted by Gasteiger charge is -2.26. The van der Waals surface area contributed by atoms with Gasteiger partial charge in [-0.25, -0.2) is 4.79 Å². The van der Waals surface area contributed by atoms with Gasteiger partial charge in [-0.15, -0.1) is 0 Å². The smallest absolute Gasteiger partial charge is 0.340 e. The number of benzene rings is 2. The molecule has 0 unspecified atom stereocenters. The van der Waals surface area contributed by atoms with E-state index in [1.54, 1.807) is 4.90 Å². The van der Waals surface area contributed by atoms with Crippen LogP contribution in [0.4, 0.5) is 0 Å². The van der Waals surface area contributed by atoms with Gasteiger partial charge in [0.05, 0.1) is 24.3 Å². The topological polar surface area (TPSA) is 51.5 Å². The van der Waals surface area contributed by atoms with Crippen molar-refractivity contribution < 1.29 is 14.3 Å². The number of esters is 1. The Bertz CT molecular complexity index is 1360. The lowest BCUT2D eigenvalue weighted by atomic mass is 10.0. The molecule has 3 aromatic rings. The summed E-state index contributed by atoms with van der Waals surface area (Å²) in [4.78, 5) is 28.2. The molecule has 0 spiro atoms. The molecule has 180 valence electrons. The third-order valence-corrected chi connectivity index (χ3v) is 6.74. The van der Waals surface area contributed by atoms with Gasteiger partial charge in [-0.3, -0.25) is 4.79 Å². The Morgan fingerprint density at radius 2 is 1.57 bits per heavy atom. The first-order valence-electron chi connectivity index (χ1n) is 11.8. The lowest BCUT2D eigenvalue weighted by Crippen LogP contribution is -2.28. The molecule has 0 radical (unpaired) electrons. The van der Waals surface area contributed by atoms with Crippen LogP contribution in [0.3, 0.4) is 0 Å². The molecule has 5 nitrogen and oxygen atoms in total. The van der Waals surface area contributed by atoms with Crippen LogP contribution in [0.2, 0.25) is 0 Å². The lowest BCUT2D eigenvalue weighted by molar-refractivity contribution is -0.136. The molecule has 2 heterocycles. The highest BCUT2D eigenvalue weighted by atomic mass is 16.5. The molecular formula is C30H32N2O3. The maximum Gasteiger partial charge on any atom is 0.340 e. The van der Waals surface area contributed by atoms with Gasteiger partial charge >= 0.3 is 5.97 Å². The molecule has 35 heavy (non-hydrogen) atoms. The number of aromatic nitrogens is 1. The first-order chi connectivity index (χ1) is 16.6. The minimum absolute atomic E-state index is 0.199. The second-order valence-corrected chi connectivity index (χ2v) is 9.28. The van der Waals surface area contributed by atoms with Crippen LogP contribution >= 0.6 is 0 Å². The molecule has 0 N–H and O–H groups in total. The molecule has 0 bridgehead atoms. The monoisotopic (exact) mass is 468 g/mol. The van der Waals surface area contributed by atoms with Crippen LogP contribution in [-0.2, 0) is 14.3 Å². The second kappa shape index (κ2) is 9.41. The van der Waals surface area contributed by atoms with Gasteiger partial charge in [0.25, 0.3) is 5.91 Å². The number of carbonyl (C=O) groups is 2. The summed E-state index contributed by atoms with van der Waals surface area (Å²) in [6.45, 7) is 12.0. The van der Waals surface area contributed by atoms with Gasteiger partial charge in [-0.05, 0) is 88.1 Å². The highest BCUT2D eigenvalue weighted by molar-refractivity contribution is 6.16. The third kappa shape index (κ3) is 4.34. The summed E-state index contributed by atoms with van der Waals surface area (Å²) in [6, 6.07) is 18.1. The fraction of sp³-hybridized carbons (Fsp3) is 0.267. The Morgan fingerprint density at radius 3 is 2.17 bits per heavy atom. The summed E-state index contributed by atoms with van der Waals surface area (Å²) in [6.07, 6.45) is 1.83. The van der Waals surface area contributed by atoms with Crippen molar-refractivity contribution in [2.24, 2.45) is 0 Å². The van der Waals surface area contributed by atoms with Gasteiger partial charge in [0, 0.05) is 22.8 Å². The Morgan fingerprint density at radius 1 is 0.943 bits per heavy atom. The largest absolute Gasteiger partial charge is 0.465 e. The first kappa shape index (κ1) is 24.3. The summed E-state index contributed by atoms with van der Waals surface area (Å²) in [5, 5.41) is 0. The van der Waals surface area contributed by atoms with Crippen LogP contribution in [-0.4, -0.2) is 28.5 Å². The molecule has 0 saturated heterocycles. The molecule has 0 fully saturated rings. The zero-order valence-electron chi connectivity index (χ0n) is 21.5. The Labute approximate surface area is 207 Å². The maximum absolute atomic E-state index is 13.7. The van der Waals surface area contributed by atoms with Gasteiger partial charge in [0.2, 0.25) is 0 Å². The Kier molecular flexibility index (Phi) is 6.53. The number of ether oxygens (including phenoxy) is 1. The van der Waals surface area contributed by atoms with E-state index < -0.39 is 5.97 Å². The van der Waals surface area contributed by atoms with Crippen LogP contribution in [0.15, 0.2) is 71.4 Å². The normalized spacial score (nSPS) is 15.8. The maximum atomic E-state index is 13.7. The van der Waals surface area contributed by atoms with Gasteiger partial charge < -0.3 is 14.2 Å². The minimum Gasteiger partial charge on any atom is -0.465 e. The number of aryl methyl sites for hydroxylation is 3. The molecule has 0 aliphatic carbocycles. The summed E-state index contributed by atoms with van der Waals surface area (Å²) in [7, 11) is 1.35. The molecule has 1 aromatic heterocycles. The Balaban J connectivity index is 1.83. The number of hydrogen-bond donors (Lipinski definition) is 0. The van der Waals surface area contributed by atoms with Crippen molar-refractivity contribution in [3.05, 3.63) is 105 Å². The number of hydrogen-bond acceptors (Lipinski definition) is 3. The van der Waals surface area contributed by atoms with E-state index in [4.69, 9.17) is 4.74 Å². The summed E-state index contributed by atoms with van der Waals surface area (Å²) >= 11 is 0. The van der Waals surface area contributed by atoms with Crippen LogP contribution in [0.5, 0.6) is 0 Å². The number of carbonyl (C=O) groups excluding carboxylic acids is 2. The molecule has 1 atom stereocenters. The number of allylic oxidation sites excluding steroid dienone is 1. The van der Waals surface area contributed by atoms with Crippen molar-refractivity contribution in [1.29, 1.82) is 0 Å². The van der Waals surface area contributed by atoms with Crippen LogP contribution < -0.4 is 0 Å². The molecule has 5 heteroatoms. The highest BCUT2D eigenvalue weighted by Crippen LogP contribution is 2.38. The molecule has 1 aliphatic rings. The minimum atomic E-state index is -0.507. The fourth-order valence-corrected chi connectivity index (χ4v) is 5.11. The Hall–Kier alpha value is -3.86. The zero-order chi connectivity index (χ0) is 25.4. The molecular weight excluding hydrogens is 436 g/mol. The van der Waals surface area contributed by atoms with Crippen molar-refractivity contribution in [1.82, 2.24) is 9.47 Å². The fourth-order valence-electron chi connectivity index (χ4n) is 5.11. The average Bonchev–Trinajstić information content (AvgIpc) is 3.24. The highest BCUT2D eigenvalue weighted by Gasteiger charge is 2.39. The molecule has 0 saturated carbocycles. The van der Waals surface area contributed by atoms with Crippen LogP contribution in [0.1, 0.15) is 53.5 Å². The van der Waals surface area contributed by atoms with Gasteiger partial charge in [0.1, 0.15) is 0 Å². The zero-order valence-corrected chi connectivity index (χ0v) is 21.5. The summed E-state index contributed by atoms with van der Waals surface area (Å²) in [5.74, 6) is -0.705. The van der Waals surface area contributed by atoms with Gasteiger partial charge in [0.15, 0.2) is 0 Å². The van der Waals surface area contributed by atoms with Crippen molar-refractivity contribution in [2.75, 3.05) is 7.11 Å². The van der Waals surface area contributed by atoms with E-state index in [0.29, 0.717) is 16.8 Å². The average molecular weight is 469 g/mol. The van der Waals surface area contributed by atoms with E-state index in [1.165, 1.54) is 18.2 Å². The van der Waals surface area contributed by atoms with Crippen LogP contribution in [0.25, 0.3) is 11.8 Å². The van der Waals surface area contributed by atoms with Gasteiger partial charge in [-0.2, -0.15) is 0 Å². The predicted octanol–water partition coefficient (Wildman–Crippen LogP) is 6.14. The molecule has 4 rings (SSSR count). The van der Waals surface area contributed by atoms with E-state index in [9.17, 15) is 9.59 Å². The van der Waals surface area contributed by atoms with E-state index in [0.717, 1.165) is 28.2 Å². The summed E-state index contributed by atoms with van der Waals surface area (Å²) in [5.41, 5.74) is 8.70. The molecule has 1 aliphatic heterocycles. The van der Waals surface area contributed by atoms with Crippen LogP contribution in [0, 0.1) is 27.7 Å². The quantitative estimate of drug-likeness (QED) is 0.334. The van der Waals surface area contributed by atoms with Crippen molar-refractivity contribution in [3.8, 4) is 5.69 Å². The van der Waals surface area contributed by atoms with E-state index in [2.05, 4.69) is 49.6 Å². The van der Waals surface area contributed by atoms with E-state index in [1.807, 2.05) is 57.2 Å².